The molecule has 4 heteroatoms. The van der Waals surface area contributed by atoms with E-state index in [9.17, 15) is 0 Å². The molecule has 2 aromatic rings. The van der Waals surface area contributed by atoms with Crippen LogP contribution in [0, 0.1) is 5.92 Å². The van der Waals surface area contributed by atoms with Crippen LogP contribution >= 0.6 is 12.4 Å². The van der Waals surface area contributed by atoms with Crippen LogP contribution in [0.3, 0.4) is 0 Å². The Bertz CT molecular complexity index is 420. The highest BCUT2D eigenvalue weighted by Gasteiger charge is 2.14. The first-order chi connectivity index (χ1) is 7.16. The second-order valence-electron chi connectivity index (χ2n) is 4.26. The third-order valence-corrected chi connectivity index (χ3v) is 2.35. The zero-order valence-electron chi connectivity index (χ0n) is 9.51. The highest BCUT2D eigenvalue weighted by atomic mass is 35.5. The summed E-state index contributed by atoms with van der Waals surface area (Å²) in [5, 5.41) is 0. The maximum absolute atomic E-state index is 6.00. The van der Waals surface area contributed by atoms with Crippen LogP contribution in [0.15, 0.2) is 28.7 Å². The van der Waals surface area contributed by atoms with Gasteiger partial charge in [0.05, 0.1) is 6.04 Å². The van der Waals surface area contributed by atoms with Crippen molar-refractivity contribution in [2.45, 2.75) is 26.3 Å². The smallest absolute Gasteiger partial charge is 0.212 e. The molecule has 0 aliphatic carbocycles. The van der Waals surface area contributed by atoms with Gasteiger partial charge in [-0.25, -0.2) is 4.98 Å². The lowest BCUT2D eigenvalue weighted by molar-refractivity contribution is 0.417. The van der Waals surface area contributed by atoms with E-state index >= 15 is 0 Å². The number of aromatic nitrogens is 1. The van der Waals surface area contributed by atoms with E-state index in [0.717, 1.165) is 17.5 Å². The molecule has 0 aliphatic rings. The molecule has 1 aromatic heterocycles. The predicted molar refractivity (Wildman–Crippen MR) is 67.6 cm³/mol. The second-order valence-corrected chi connectivity index (χ2v) is 4.26. The van der Waals surface area contributed by atoms with Gasteiger partial charge in [0, 0.05) is 0 Å². The fourth-order valence-electron chi connectivity index (χ4n) is 1.66. The quantitative estimate of drug-likeness (QED) is 0.896. The molecule has 0 bridgehead atoms. The van der Waals surface area contributed by atoms with Gasteiger partial charge in [-0.05, 0) is 24.5 Å². The SMILES string of the molecule is CC(C)CC(N)c1nc2ccccc2o1.Cl. The number of benzene rings is 1. The van der Waals surface area contributed by atoms with E-state index in [1.54, 1.807) is 0 Å². The summed E-state index contributed by atoms with van der Waals surface area (Å²) in [7, 11) is 0. The number of oxazole rings is 1. The highest BCUT2D eigenvalue weighted by molar-refractivity contribution is 5.85. The molecular formula is C12H17ClN2O. The Morgan fingerprint density at radius 3 is 2.62 bits per heavy atom. The molecule has 2 rings (SSSR count). The van der Waals surface area contributed by atoms with Gasteiger partial charge in [0.2, 0.25) is 5.89 Å². The molecule has 1 aromatic carbocycles. The molecule has 0 fully saturated rings. The minimum absolute atomic E-state index is 0. The number of fused-ring (bicyclic) bond motifs is 1. The Hall–Kier alpha value is -1.06. The summed E-state index contributed by atoms with van der Waals surface area (Å²) in [4.78, 5) is 4.37. The molecule has 0 aliphatic heterocycles. The van der Waals surface area contributed by atoms with E-state index in [0.29, 0.717) is 11.8 Å². The van der Waals surface area contributed by atoms with Crippen molar-refractivity contribution >= 4 is 23.5 Å². The van der Waals surface area contributed by atoms with Crippen LogP contribution in [0.4, 0.5) is 0 Å². The van der Waals surface area contributed by atoms with Crippen LogP contribution in [0.25, 0.3) is 11.1 Å². The van der Waals surface area contributed by atoms with Crippen LogP contribution in [-0.4, -0.2) is 4.98 Å². The Labute approximate surface area is 101 Å². The van der Waals surface area contributed by atoms with Crippen molar-refractivity contribution < 1.29 is 4.42 Å². The van der Waals surface area contributed by atoms with Gasteiger partial charge in [-0.3, -0.25) is 0 Å². The van der Waals surface area contributed by atoms with E-state index in [1.165, 1.54) is 0 Å². The largest absolute Gasteiger partial charge is 0.439 e. The molecule has 0 saturated carbocycles. The highest BCUT2D eigenvalue weighted by Crippen LogP contribution is 2.22. The van der Waals surface area contributed by atoms with Gasteiger partial charge >= 0.3 is 0 Å². The molecule has 1 unspecified atom stereocenters. The lowest BCUT2D eigenvalue weighted by Crippen LogP contribution is -2.13. The van der Waals surface area contributed by atoms with E-state index in [4.69, 9.17) is 10.2 Å². The van der Waals surface area contributed by atoms with Gasteiger partial charge in [-0.1, -0.05) is 26.0 Å². The Balaban J connectivity index is 0.00000128. The number of rotatable bonds is 3. The summed E-state index contributed by atoms with van der Waals surface area (Å²) in [5.41, 5.74) is 7.70. The number of para-hydroxylation sites is 2. The summed E-state index contributed by atoms with van der Waals surface area (Å²) in [6.07, 6.45) is 0.896. The summed E-state index contributed by atoms with van der Waals surface area (Å²) in [6.45, 7) is 4.28. The Morgan fingerprint density at radius 2 is 2.00 bits per heavy atom. The minimum Gasteiger partial charge on any atom is -0.439 e. The van der Waals surface area contributed by atoms with Crippen LogP contribution in [0.1, 0.15) is 32.2 Å². The molecule has 2 N–H and O–H groups in total. The topological polar surface area (TPSA) is 52.0 Å². The molecule has 88 valence electrons. The molecule has 1 atom stereocenters. The monoisotopic (exact) mass is 240 g/mol. The van der Waals surface area contributed by atoms with Crippen molar-refractivity contribution in [1.29, 1.82) is 0 Å². The standard InChI is InChI=1S/C12H16N2O.ClH/c1-8(2)7-9(13)12-14-10-5-3-4-6-11(10)15-12;/h3-6,8-9H,7,13H2,1-2H3;1H. The van der Waals surface area contributed by atoms with E-state index in [1.807, 2.05) is 24.3 Å². The number of hydrogen-bond donors (Lipinski definition) is 1. The maximum atomic E-state index is 6.00. The van der Waals surface area contributed by atoms with Gasteiger partial charge in [-0.15, -0.1) is 12.4 Å². The number of nitrogens with zero attached hydrogens (tertiary/aromatic N) is 1. The molecule has 1 heterocycles. The fourth-order valence-corrected chi connectivity index (χ4v) is 1.66. The molecule has 0 radical (unpaired) electrons. The first-order valence-corrected chi connectivity index (χ1v) is 5.28. The maximum Gasteiger partial charge on any atom is 0.212 e. The van der Waals surface area contributed by atoms with Crippen molar-refractivity contribution in [3.8, 4) is 0 Å². The van der Waals surface area contributed by atoms with Gasteiger partial charge in [-0.2, -0.15) is 0 Å². The fraction of sp³-hybridized carbons (Fsp3) is 0.417. The molecule has 3 nitrogen and oxygen atoms in total. The van der Waals surface area contributed by atoms with Crippen LogP contribution < -0.4 is 5.73 Å². The third-order valence-electron chi connectivity index (χ3n) is 2.35. The van der Waals surface area contributed by atoms with Crippen molar-refractivity contribution in [1.82, 2.24) is 4.98 Å². The Kier molecular flexibility index (Phi) is 4.33. The van der Waals surface area contributed by atoms with Crippen LogP contribution in [0.5, 0.6) is 0 Å². The van der Waals surface area contributed by atoms with Crippen molar-refractivity contribution in [3.05, 3.63) is 30.2 Å². The lowest BCUT2D eigenvalue weighted by atomic mass is 10.0. The molecule has 0 saturated heterocycles. The summed E-state index contributed by atoms with van der Waals surface area (Å²) >= 11 is 0. The molecule has 0 spiro atoms. The van der Waals surface area contributed by atoms with Crippen LogP contribution in [-0.2, 0) is 0 Å². The third kappa shape index (κ3) is 2.74. The van der Waals surface area contributed by atoms with E-state index < -0.39 is 0 Å². The minimum atomic E-state index is -0.0996. The number of nitrogens with two attached hydrogens (primary N) is 1. The lowest BCUT2D eigenvalue weighted by Gasteiger charge is -2.09. The van der Waals surface area contributed by atoms with E-state index in [2.05, 4.69) is 18.8 Å². The second kappa shape index (κ2) is 5.32. The van der Waals surface area contributed by atoms with Gasteiger partial charge in [0.25, 0.3) is 0 Å². The zero-order chi connectivity index (χ0) is 10.8. The summed E-state index contributed by atoms with van der Waals surface area (Å²) in [6, 6.07) is 7.63. The average molecular weight is 241 g/mol. The van der Waals surface area contributed by atoms with E-state index in [-0.39, 0.29) is 18.4 Å². The zero-order valence-corrected chi connectivity index (χ0v) is 10.3. The first-order valence-electron chi connectivity index (χ1n) is 5.28. The van der Waals surface area contributed by atoms with Crippen molar-refractivity contribution in [2.75, 3.05) is 0 Å². The summed E-state index contributed by atoms with van der Waals surface area (Å²) < 4.78 is 5.59. The first kappa shape index (κ1) is 13.0. The molecule has 16 heavy (non-hydrogen) atoms. The molecule has 0 amide bonds. The van der Waals surface area contributed by atoms with Gasteiger partial charge in [0.15, 0.2) is 5.58 Å². The number of hydrogen-bond acceptors (Lipinski definition) is 3. The van der Waals surface area contributed by atoms with Crippen molar-refractivity contribution in [3.63, 3.8) is 0 Å². The van der Waals surface area contributed by atoms with Gasteiger partial charge in [0.1, 0.15) is 5.52 Å². The van der Waals surface area contributed by atoms with Crippen LogP contribution in [0.2, 0.25) is 0 Å². The molecular weight excluding hydrogens is 224 g/mol. The summed E-state index contributed by atoms with van der Waals surface area (Å²) in [5.74, 6) is 1.19. The van der Waals surface area contributed by atoms with Gasteiger partial charge < -0.3 is 10.2 Å². The predicted octanol–water partition coefficient (Wildman–Crippen LogP) is 3.30. The van der Waals surface area contributed by atoms with Crippen molar-refractivity contribution in [2.24, 2.45) is 11.7 Å². The average Bonchev–Trinajstić information content (AvgIpc) is 2.59. The normalized spacial score (nSPS) is 12.8. The number of halogens is 1. The Morgan fingerprint density at radius 1 is 1.31 bits per heavy atom.